The third-order valence-electron chi connectivity index (χ3n) is 4.34. The van der Waals surface area contributed by atoms with Crippen molar-refractivity contribution in [2.24, 2.45) is 5.73 Å². The second-order valence-corrected chi connectivity index (χ2v) is 9.19. The topological polar surface area (TPSA) is 168 Å². The molecule has 0 fully saturated rings. The second kappa shape index (κ2) is 34.4. The quantitative estimate of drug-likeness (QED) is 0.0499. The van der Waals surface area contributed by atoms with Gasteiger partial charge >= 0.3 is 71.1 Å². The van der Waals surface area contributed by atoms with Crippen LogP contribution in [0.2, 0.25) is 0 Å². The Labute approximate surface area is 316 Å². The number of phosphoric acid groups is 1. The molecule has 0 aliphatic heterocycles. The average Bonchev–Trinajstić information content (AvgIpc) is 2.89. The largest absolute Gasteiger partial charge is 1.00 e. The van der Waals surface area contributed by atoms with Crippen LogP contribution in [0.1, 0.15) is 93.7 Å². The van der Waals surface area contributed by atoms with Gasteiger partial charge in [-0.3, -0.25) is 9.59 Å². The molecule has 0 unspecified atom stereocenters. The fourth-order valence-electron chi connectivity index (χ4n) is 2.66. The molecule has 0 heterocycles. The molecule has 0 saturated heterocycles. The molecule has 0 bridgehead atoms. The summed E-state index contributed by atoms with van der Waals surface area (Å²) < 4.78 is 24.9. The van der Waals surface area contributed by atoms with E-state index < -0.39 is 39.1 Å². The van der Waals surface area contributed by atoms with Gasteiger partial charge in [-0.05, 0) is 65.6 Å². The zero-order valence-electron chi connectivity index (χ0n) is 25.3. The van der Waals surface area contributed by atoms with E-state index in [-0.39, 0.29) is 87.1 Å². The number of primary amides is 1. The van der Waals surface area contributed by atoms with Gasteiger partial charge in [-0.25, -0.2) is 4.79 Å². The van der Waals surface area contributed by atoms with E-state index in [9.17, 15) is 28.7 Å². The fraction of sp³-hybridized carbons (Fsp3) is 0.500. The first-order valence-electron chi connectivity index (χ1n) is 12.8. The van der Waals surface area contributed by atoms with Gasteiger partial charge in [0.2, 0.25) is 5.91 Å². The Morgan fingerprint density at radius 1 is 0.814 bits per heavy atom. The molecule has 0 radical (unpaired) electrons. The molecule has 0 aliphatic carbocycles. The maximum atomic E-state index is 12.1. The van der Waals surface area contributed by atoms with E-state index >= 15 is 0 Å². The number of esters is 2. The molecule has 0 rings (SSSR count). The number of phosphoric ester groups is 1. The van der Waals surface area contributed by atoms with Gasteiger partial charge < -0.3 is 34.1 Å². The van der Waals surface area contributed by atoms with Crippen LogP contribution in [-0.4, -0.2) is 37.2 Å². The van der Waals surface area contributed by atoms with Crippen molar-refractivity contribution >= 4 is 25.7 Å². The molecule has 10 nitrogen and oxygen atoms in total. The van der Waals surface area contributed by atoms with Crippen LogP contribution in [0.3, 0.4) is 0 Å². The molecule has 13 heteroatoms. The molecular formula is C30H56NNa2O9P. The number of carbonyl (C=O) groups is 3. The average molecular weight is 652 g/mol. The Hall–Kier alpha value is -2.12. The maximum Gasteiger partial charge on any atom is 1.00 e. The van der Waals surface area contributed by atoms with Crippen molar-refractivity contribution < 1.29 is 118 Å². The molecule has 0 aromatic carbocycles. The van der Waals surface area contributed by atoms with Crippen LogP contribution in [0.15, 0.2) is 0 Å². The van der Waals surface area contributed by atoms with Gasteiger partial charge in [0.15, 0.2) is 6.10 Å². The smallest absolute Gasteiger partial charge is 0.790 e. The number of amides is 1. The number of unbranched alkanes of at least 4 members (excludes halogenated alkanes) is 8. The Bertz CT molecular complexity index is 1270. The minimum Gasteiger partial charge on any atom is -0.790 e. The standard InChI is InChI=1S/C28H31O8P.C2H5NO.2Na.11H2/c1-3-5-7-9-11-13-15-16-18-20-22-27(29)34-24-26(25-35-37(31,32)33)36-28(30)23-21-19-17-14-12-10-8-6-4-2;1-2(3)4;;;;;;;;;;;;;/h1,26H,4,6,8,10,12,14,17,19,21,23-25H2,2H3,(H2,31,32,33);1H3,(H2,3,4);;;11*1H/q;;2*+1;;;;;;;;;;;/p-2/t26-;;;;;;;;;;;;;;/m1............../s1. The predicted octanol–water partition coefficient (Wildman–Crippen LogP) is -1.94. The number of ether oxygens (including phenoxy) is 2. The van der Waals surface area contributed by atoms with E-state index in [1.165, 1.54) is 39.0 Å². The van der Waals surface area contributed by atoms with Gasteiger partial charge in [0.1, 0.15) is 6.61 Å². The number of hydrogen-bond donors (Lipinski definition) is 1. The molecule has 1 atom stereocenters. The summed E-state index contributed by atoms with van der Waals surface area (Å²) >= 11 is 0. The fourth-order valence-corrected chi connectivity index (χ4v) is 3.01. The Kier molecular flexibility index (Phi) is 38.2. The van der Waals surface area contributed by atoms with Crippen LogP contribution in [0.4, 0.5) is 0 Å². The summed E-state index contributed by atoms with van der Waals surface area (Å²) in [6.07, 6.45) is 13.3. The van der Waals surface area contributed by atoms with E-state index in [2.05, 4.69) is 82.3 Å². The molecule has 0 saturated carbocycles. The number of hydrogen-bond acceptors (Lipinski definition) is 9. The summed E-state index contributed by atoms with van der Waals surface area (Å²) in [4.78, 5) is 54.5. The Morgan fingerprint density at radius 2 is 1.26 bits per heavy atom. The van der Waals surface area contributed by atoms with Crippen molar-refractivity contribution in [3.8, 4) is 71.5 Å². The van der Waals surface area contributed by atoms with E-state index in [1.807, 2.05) is 0 Å². The first-order valence-corrected chi connectivity index (χ1v) is 14.2. The van der Waals surface area contributed by atoms with Crippen molar-refractivity contribution in [1.82, 2.24) is 0 Å². The predicted molar refractivity (Wildman–Crippen MR) is 172 cm³/mol. The van der Waals surface area contributed by atoms with Crippen LogP contribution in [0, 0.1) is 71.5 Å². The molecule has 0 spiro atoms. The number of nitrogens with two attached hydrogens (primary N) is 1. The van der Waals surface area contributed by atoms with Crippen LogP contribution in [-0.2, 0) is 32.9 Å². The van der Waals surface area contributed by atoms with Crippen LogP contribution >= 0.6 is 7.82 Å². The third-order valence-corrected chi connectivity index (χ3v) is 4.80. The van der Waals surface area contributed by atoms with E-state index in [0.29, 0.717) is 6.42 Å². The van der Waals surface area contributed by atoms with E-state index in [0.717, 1.165) is 19.3 Å². The molecule has 0 aromatic rings. The first kappa shape index (κ1) is 47.8. The summed E-state index contributed by atoms with van der Waals surface area (Å²) in [5.41, 5.74) is 4.47. The van der Waals surface area contributed by atoms with Gasteiger partial charge in [-0.1, -0.05) is 58.3 Å². The van der Waals surface area contributed by atoms with Crippen LogP contribution in [0.5, 0.6) is 0 Å². The summed E-state index contributed by atoms with van der Waals surface area (Å²) in [6.45, 7) is 2.14. The number of rotatable bonds is 16. The van der Waals surface area contributed by atoms with Crippen molar-refractivity contribution in [3.05, 3.63) is 0 Å². The van der Waals surface area contributed by atoms with Gasteiger partial charge in [0, 0.05) is 35.0 Å². The van der Waals surface area contributed by atoms with Gasteiger partial charge in [-0.2, -0.15) is 0 Å². The molecule has 1 amide bonds. The minimum atomic E-state index is -5.31. The normalized spacial score (nSPS) is 9.19. The summed E-state index contributed by atoms with van der Waals surface area (Å²) in [7, 11) is -5.31. The number of carbonyl (C=O) groups excluding carboxylic acids is 3. The third kappa shape index (κ3) is 44.4. The monoisotopic (exact) mass is 651 g/mol. The first-order chi connectivity index (χ1) is 19.5. The maximum absolute atomic E-state index is 12.1. The molecule has 0 aromatic heterocycles. The molecule has 242 valence electrons. The SMILES string of the molecule is C#CC#CC#CC#CC#CC#CC(=O)OC[C@H](COP(=O)([O-])[O-])OC(=O)CCCCCCCCCCC.CC(N)=O.[HH].[HH].[HH].[HH].[HH].[HH].[HH].[HH].[HH].[HH].[HH].[Na+].[Na+]. The van der Waals surface area contributed by atoms with Crippen molar-refractivity contribution in [2.75, 3.05) is 13.2 Å². The zero-order chi connectivity index (χ0) is 31.2. The molecule has 43 heavy (non-hydrogen) atoms. The summed E-state index contributed by atoms with van der Waals surface area (Å²) in [6, 6.07) is 0. The van der Waals surface area contributed by atoms with Crippen molar-refractivity contribution in [3.63, 3.8) is 0 Å². The second-order valence-electron chi connectivity index (χ2n) is 8.04. The summed E-state index contributed by atoms with van der Waals surface area (Å²) in [5.74, 6) is 23.1. The Balaban J connectivity index is -0.0000000653. The van der Waals surface area contributed by atoms with Gasteiger partial charge in [0.05, 0.1) is 14.4 Å². The summed E-state index contributed by atoms with van der Waals surface area (Å²) in [5, 5.41) is 0. The van der Waals surface area contributed by atoms with Crippen molar-refractivity contribution in [1.29, 1.82) is 0 Å². The number of terminal acetylenes is 1. The Morgan fingerprint density at radius 3 is 1.72 bits per heavy atom. The van der Waals surface area contributed by atoms with Gasteiger partial charge in [0.25, 0.3) is 0 Å². The molecular weight excluding hydrogens is 595 g/mol. The molecule has 0 aliphatic rings. The van der Waals surface area contributed by atoms with Crippen molar-refractivity contribution in [2.45, 2.75) is 84.2 Å². The minimum absolute atomic E-state index is 0. The molecule has 2 N–H and O–H groups in total. The van der Waals surface area contributed by atoms with Gasteiger partial charge in [-0.15, -0.1) is 6.42 Å². The van der Waals surface area contributed by atoms with E-state index in [4.69, 9.17) is 15.9 Å². The van der Waals surface area contributed by atoms with Crippen LogP contribution < -0.4 is 74.6 Å². The van der Waals surface area contributed by atoms with E-state index in [1.54, 1.807) is 0 Å². The van der Waals surface area contributed by atoms with Crippen LogP contribution in [0.25, 0.3) is 0 Å². The zero-order valence-corrected chi connectivity index (χ0v) is 30.2.